The van der Waals surface area contributed by atoms with Crippen LogP contribution in [0.2, 0.25) is 0 Å². The number of rotatable bonds is 4. The smallest absolute Gasteiger partial charge is 0.371 e. The lowest BCUT2D eigenvalue weighted by Crippen LogP contribution is -2.34. The van der Waals surface area contributed by atoms with Crippen LogP contribution in [0, 0.1) is 0 Å². The highest BCUT2D eigenvalue weighted by atomic mass is 32.2. The van der Waals surface area contributed by atoms with Gasteiger partial charge in [0.15, 0.2) is 0 Å². The van der Waals surface area contributed by atoms with Gasteiger partial charge in [0.2, 0.25) is 10.9 Å². The molecular weight excluding hydrogens is 258 g/mol. The van der Waals surface area contributed by atoms with Gasteiger partial charge in [-0.25, -0.2) is 13.2 Å². The minimum atomic E-state index is -3.71. The fourth-order valence-corrected chi connectivity index (χ4v) is 3.91. The van der Waals surface area contributed by atoms with Crippen molar-refractivity contribution in [1.29, 1.82) is 0 Å². The number of nitrogens with zero attached hydrogens (tertiary/aromatic N) is 1. The van der Waals surface area contributed by atoms with Crippen LogP contribution in [0.1, 0.15) is 36.7 Å². The summed E-state index contributed by atoms with van der Waals surface area (Å²) in [5.74, 6) is -1.63. The molecule has 6 nitrogen and oxygen atoms in total. The lowest BCUT2D eigenvalue weighted by atomic mass is 10.2. The van der Waals surface area contributed by atoms with Crippen molar-refractivity contribution in [3.63, 3.8) is 0 Å². The van der Waals surface area contributed by atoms with Gasteiger partial charge in [-0.15, -0.1) is 0 Å². The number of carboxylic acids is 1. The number of aromatic carboxylic acids is 1. The topological polar surface area (TPSA) is 87.8 Å². The molecule has 1 atom stereocenters. The van der Waals surface area contributed by atoms with E-state index in [2.05, 4.69) is 0 Å². The van der Waals surface area contributed by atoms with Crippen LogP contribution >= 0.6 is 0 Å². The molecule has 0 saturated carbocycles. The second-order valence-electron chi connectivity index (χ2n) is 4.24. The average molecular weight is 273 g/mol. The van der Waals surface area contributed by atoms with Gasteiger partial charge in [0, 0.05) is 12.6 Å². The van der Waals surface area contributed by atoms with Crippen LogP contribution in [0.5, 0.6) is 0 Å². The molecule has 100 valence electrons. The highest BCUT2D eigenvalue weighted by molar-refractivity contribution is 7.89. The Labute approximate surface area is 105 Å². The van der Waals surface area contributed by atoms with Crippen molar-refractivity contribution in [2.75, 3.05) is 6.54 Å². The van der Waals surface area contributed by atoms with Gasteiger partial charge in [0.05, 0.1) is 0 Å². The maximum Gasteiger partial charge on any atom is 0.371 e. The van der Waals surface area contributed by atoms with Crippen molar-refractivity contribution >= 4 is 16.0 Å². The van der Waals surface area contributed by atoms with Crippen molar-refractivity contribution in [2.45, 2.75) is 37.3 Å². The molecule has 0 aliphatic carbocycles. The lowest BCUT2D eigenvalue weighted by molar-refractivity contribution is 0.0656. The van der Waals surface area contributed by atoms with E-state index in [1.807, 2.05) is 6.92 Å². The molecule has 1 N–H and O–H groups in total. The molecule has 1 fully saturated rings. The van der Waals surface area contributed by atoms with E-state index in [0.29, 0.717) is 6.54 Å². The summed E-state index contributed by atoms with van der Waals surface area (Å²) in [5, 5.41) is 8.43. The predicted octanol–water partition coefficient (Wildman–Crippen LogP) is 1.54. The van der Waals surface area contributed by atoms with E-state index in [0.717, 1.165) is 25.3 Å². The molecule has 0 spiro atoms. The summed E-state index contributed by atoms with van der Waals surface area (Å²) in [7, 11) is -3.71. The Morgan fingerprint density at radius 1 is 1.56 bits per heavy atom. The number of sulfonamides is 1. The predicted molar refractivity (Wildman–Crippen MR) is 62.9 cm³/mol. The zero-order valence-corrected chi connectivity index (χ0v) is 10.8. The zero-order valence-electron chi connectivity index (χ0n) is 10.00. The first-order valence-electron chi connectivity index (χ1n) is 5.81. The molecule has 1 aromatic rings. The third-order valence-electron chi connectivity index (χ3n) is 3.15. The average Bonchev–Trinajstić information content (AvgIpc) is 2.98. The Kier molecular flexibility index (Phi) is 3.45. The molecule has 1 aliphatic rings. The van der Waals surface area contributed by atoms with Crippen molar-refractivity contribution in [2.24, 2.45) is 0 Å². The maximum atomic E-state index is 12.3. The normalized spacial score (nSPS) is 21.3. The van der Waals surface area contributed by atoms with Crippen LogP contribution in [0.15, 0.2) is 21.6 Å². The minimum Gasteiger partial charge on any atom is -0.475 e. The molecule has 1 saturated heterocycles. The number of hydrogen-bond donors (Lipinski definition) is 1. The molecular formula is C11H15NO5S. The van der Waals surface area contributed by atoms with E-state index in [-0.39, 0.29) is 16.9 Å². The first kappa shape index (κ1) is 13.1. The molecule has 1 aromatic heterocycles. The van der Waals surface area contributed by atoms with Crippen LogP contribution in [0.3, 0.4) is 0 Å². The van der Waals surface area contributed by atoms with Gasteiger partial charge in [-0.1, -0.05) is 6.92 Å². The van der Waals surface area contributed by atoms with Crippen LogP contribution in [-0.4, -0.2) is 36.4 Å². The van der Waals surface area contributed by atoms with Gasteiger partial charge in [-0.2, -0.15) is 4.31 Å². The fourth-order valence-electron chi connectivity index (χ4n) is 2.22. The van der Waals surface area contributed by atoms with Crippen LogP contribution in [0.4, 0.5) is 0 Å². The molecule has 0 aromatic carbocycles. The Morgan fingerprint density at radius 2 is 2.28 bits per heavy atom. The van der Waals surface area contributed by atoms with Gasteiger partial charge in [-0.05, 0) is 31.4 Å². The van der Waals surface area contributed by atoms with Crippen LogP contribution in [0.25, 0.3) is 0 Å². The summed E-state index contributed by atoms with van der Waals surface area (Å²) < 4.78 is 30.8. The van der Waals surface area contributed by atoms with Gasteiger partial charge in [-0.3, -0.25) is 0 Å². The molecule has 1 aliphatic heterocycles. The highest BCUT2D eigenvalue weighted by Gasteiger charge is 2.36. The zero-order chi connectivity index (χ0) is 13.3. The molecule has 0 radical (unpaired) electrons. The summed E-state index contributed by atoms with van der Waals surface area (Å²) in [4.78, 5) is 10.7. The monoisotopic (exact) mass is 273 g/mol. The lowest BCUT2D eigenvalue weighted by Gasteiger charge is -2.21. The first-order chi connectivity index (χ1) is 8.46. The van der Waals surface area contributed by atoms with Crippen molar-refractivity contribution < 1.29 is 22.7 Å². The molecule has 7 heteroatoms. The molecule has 2 rings (SSSR count). The Morgan fingerprint density at radius 3 is 2.83 bits per heavy atom. The highest BCUT2D eigenvalue weighted by Crippen LogP contribution is 2.28. The quantitative estimate of drug-likeness (QED) is 0.899. The molecule has 0 amide bonds. The van der Waals surface area contributed by atoms with Crippen molar-refractivity contribution in [3.8, 4) is 0 Å². The van der Waals surface area contributed by atoms with Gasteiger partial charge in [0.25, 0.3) is 10.0 Å². The number of hydrogen-bond acceptors (Lipinski definition) is 4. The Bertz CT molecular complexity index is 548. The SMILES string of the molecule is CCC1CCCN1S(=O)(=O)c1ccc(C(=O)O)o1. The number of furan rings is 1. The van der Waals surface area contributed by atoms with E-state index in [1.54, 1.807) is 0 Å². The summed E-state index contributed by atoms with van der Waals surface area (Å²) in [6, 6.07) is 2.34. The van der Waals surface area contributed by atoms with Gasteiger partial charge in [0.1, 0.15) is 0 Å². The summed E-state index contributed by atoms with van der Waals surface area (Å²) in [6.45, 7) is 2.40. The summed E-state index contributed by atoms with van der Waals surface area (Å²) >= 11 is 0. The van der Waals surface area contributed by atoms with Crippen LogP contribution in [-0.2, 0) is 10.0 Å². The second kappa shape index (κ2) is 4.74. The number of carboxylic acid groups (broad SMARTS) is 1. The van der Waals surface area contributed by atoms with Crippen molar-refractivity contribution in [1.82, 2.24) is 4.31 Å². The van der Waals surface area contributed by atoms with E-state index in [4.69, 9.17) is 9.52 Å². The molecule has 18 heavy (non-hydrogen) atoms. The summed E-state index contributed by atoms with van der Waals surface area (Å²) in [5.41, 5.74) is 0. The third kappa shape index (κ3) is 2.15. The fraction of sp³-hybridized carbons (Fsp3) is 0.545. The van der Waals surface area contributed by atoms with Crippen LogP contribution < -0.4 is 0 Å². The third-order valence-corrected chi connectivity index (χ3v) is 4.98. The standard InChI is InChI=1S/C11H15NO5S/c1-2-8-4-3-7-12(8)18(15,16)10-6-5-9(17-10)11(13)14/h5-6,8H,2-4,7H2,1H3,(H,13,14). The summed E-state index contributed by atoms with van der Waals surface area (Å²) in [6.07, 6.45) is 2.40. The van der Waals surface area contributed by atoms with Crippen molar-refractivity contribution in [3.05, 3.63) is 17.9 Å². The largest absolute Gasteiger partial charge is 0.475 e. The van der Waals surface area contributed by atoms with Gasteiger partial charge < -0.3 is 9.52 Å². The second-order valence-corrected chi connectivity index (χ2v) is 6.07. The van der Waals surface area contributed by atoms with E-state index >= 15 is 0 Å². The van der Waals surface area contributed by atoms with Gasteiger partial charge >= 0.3 is 5.97 Å². The molecule has 0 bridgehead atoms. The first-order valence-corrected chi connectivity index (χ1v) is 7.25. The molecule has 1 unspecified atom stereocenters. The van der Waals surface area contributed by atoms with E-state index in [1.165, 1.54) is 10.4 Å². The van der Waals surface area contributed by atoms with E-state index < -0.39 is 16.0 Å². The van der Waals surface area contributed by atoms with E-state index in [9.17, 15) is 13.2 Å². The Hall–Kier alpha value is -1.34. The minimum absolute atomic E-state index is 0.0200. The number of carbonyl (C=O) groups is 1. The Balaban J connectivity index is 2.32. The molecule has 2 heterocycles. The maximum absolute atomic E-state index is 12.3.